The molecule has 0 bridgehead atoms. The van der Waals surface area contributed by atoms with Gasteiger partial charge < -0.3 is 5.32 Å². The Morgan fingerprint density at radius 1 is 1.11 bits per heavy atom. The number of hydrogen-bond donors (Lipinski definition) is 1. The van der Waals surface area contributed by atoms with Crippen LogP contribution in [0, 0.1) is 0 Å². The number of Topliss-reactive ketones (excluding diaryl/α,β-unsaturated/α-hetero) is 1. The lowest BCUT2D eigenvalue weighted by molar-refractivity contribution is 0.0970. The predicted octanol–water partition coefficient (Wildman–Crippen LogP) is 2.20. The number of rotatable bonds is 2. The monoisotopic (exact) mass is 259 g/mol. The van der Waals surface area contributed by atoms with Gasteiger partial charge in [-0.1, -0.05) is 0 Å². The maximum absolute atomic E-state index is 12.3. The van der Waals surface area contributed by atoms with E-state index in [0.29, 0.717) is 17.7 Å². The van der Waals surface area contributed by atoms with Gasteiger partial charge in [-0.25, -0.2) is 0 Å². The molecule has 1 N–H and O–H groups in total. The Balaban J connectivity index is 1.77. The van der Waals surface area contributed by atoms with E-state index < -0.39 is 0 Å². The first kappa shape index (κ1) is 11.6. The first-order valence-corrected chi connectivity index (χ1v) is 7.70. The molecule has 2 aliphatic carbocycles. The van der Waals surface area contributed by atoms with Crippen molar-refractivity contribution in [3.63, 3.8) is 0 Å². The fourth-order valence-corrected chi connectivity index (χ4v) is 3.57. The lowest BCUT2D eigenvalue weighted by atomic mass is 9.92. The Bertz CT molecular complexity index is 510. The highest BCUT2D eigenvalue weighted by Gasteiger charge is 2.36. The number of aromatic nitrogens is 2. The third-order valence-corrected chi connectivity index (χ3v) is 4.75. The van der Waals surface area contributed by atoms with Crippen LogP contribution in [-0.4, -0.2) is 28.7 Å². The lowest BCUT2D eigenvalue weighted by Gasteiger charge is -2.25. The van der Waals surface area contributed by atoms with Crippen molar-refractivity contribution in [1.82, 2.24) is 15.1 Å². The first-order chi connectivity index (χ1) is 9.34. The Morgan fingerprint density at radius 2 is 1.89 bits per heavy atom. The molecular formula is C15H21N3O. The molecule has 0 spiro atoms. The van der Waals surface area contributed by atoms with Gasteiger partial charge in [-0.2, -0.15) is 5.10 Å². The molecule has 1 aromatic heterocycles. The van der Waals surface area contributed by atoms with Gasteiger partial charge in [-0.15, -0.1) is 0 Å². The molecule has 0 aromatic carbocycles. The van der Waals surface area contributed by atoms with Crippen molar-refractivity contribution >= 4 is 5.78 Å². The Labute approximate surface area is 113 Å². The zero-order valence-corrected chi connectivity index (χ0v) is 11.3. The van der Waals surface area contributed by atoms with E-state index >= 15 is 0 Å². The minimum Gasteiger partial charge on any atom is -0.317 e. The van der Waals surface area contributed by atoms with Crippen molar-refractivity contribution in [2.24, 2.45) is 0 Å². The first-order valence-electron chi connectivity index (χ1n) is 7.70. The van der Waals surface area contributed by atoms with E-state index in [2.05, 4.69) is 10.00 Å². The van der Waals surface area contributed by atoms with Crippen molar-refractivity contribution in [3.8, 4) is 0 Å². The zero-order chi connectivity index (χ0) is 12.8. The molecule has 1 saturated heterocycles. The van der Waals surface area contributed by atoms with Crippen LogP contribution in [0.5, 0.6) is 0 Å². The molecule has 1 saturated carbocycles. The largest absolute Gasteiger partial charge is 0.317 e. The van der Waals surface area contributed by atoms with Crippen molar-refractivity contribution in [2.75, 3.05) is 13.1 Å². The quantitative estimate of drug-likeness (QED) is 0.885. The molecule has 2 heterocycles. The topological polar surface area (TPSA) is 46.9 Å². The molecule has 0 atom stereocenters. The Morgan fingerprint density at radius 3 is 2.63 bits per heavy atom. The third kappa shape index (κ3) is 1.93. The molecule has 1 aromatic rings. The van der Waals surface area contributed by atoms with Crippen LogP contribution in [0.1, 0.15) is 72.2 Å². The number of carbonyl (C=O) groups excluding carboxylic acids is 1. The van der Waals surface area contributed by atoms with Gasteiger partial charge in [0.15, 0.2) is 5.78 Å². The predicted molar refractivity (Wildman–Crippen MR) is 72.6 cm³/mol. The average molecular weight is 259 g/mol. The summed E-state index contributed by atoms with van der Waals surface area (Å²) >= 11 is 0. The highest BCUT2D eigenvalue weighted by molar-refractivity contribution is 5.99. The molecule has 3 aliphatic rings. The van der Waals surface area contributed by atoms with E-state index in [1.807, 2.05) is 0 Å². The van der Waals surface area contributed by atoms with Crippen molar-refractivity contribution in [3.05, 3.63) is 17.0 Å². The Kier molecular flexibility index (Phi) is 2.72. The van der Waals surface area contributed by atoms with Gasteiger partial charge >= 0.3 is 0 Å². The van der Waals surface area contributed by atoms with Gasteiger partial charge in [0.1, 0.15) is 0 Å². The van der Waals surface area contributed by atoms with Gasteiger partial charge in [0.2, 0.25) is 0 Å². The van der Waals surface area contributed by atoms with Crippen LogP contribution in [0.25, 0.3) is 0 Å². The maximum Gasteiger partial charge on any atom is 0.166 e. The zero-order valence-electron chi connectivity index (χ0n) is 11.3. The molecule has 0 unspecified atom stereocenters. The summed E-state index contributed by atoms with van der Waals surface area (Å²) in [6.07, 6.45) is 7.52. The van der Waals surface area contributed by atoms with E-state index in [0.717, 1.165) is 56.5 Å². The van der Waals surface area contributed by atoms with Crippen LogP contribution in [-0.2, 0) is 6.42 Å². The van der Waals surface area contributed by atoms with Gasteiger partial charge in [0.25, 0.3) is 0 Å². The average Bonchev–Trinajstić information content (AvgIpc) is 3.21. The molecule has 19 heavy (non-hydrogen) atoms. The molecule has 4 heteroatoms. The van der Waals surface area contributed by atoms with Gasteiger partial charge in [-0.3, -0.25) is 9.48 Å². The van der Waals surface area contributed by atoms with Crippen LogP contribution >= 0.6 is 0 Å². The van der Waals surface area contributed by atoms with Crippen molar-refractivity contribution in [1.29, 1.82) is 0 Å². The molecular weight excluding hydrogens is 238 g/mol. The van der Waals surface area contributed by atoms with Crippen LogP contribution < -0.4 is 5.32 Å². The van der Waals surface area contributed by atoms with E-state index in [4.69, 9.17) is 5.10 Å². The summed E-state index contributed by atoms with van der Waals surface area (Å²) < 4.78 is 2.24. The number of fused-ring (bicyclic) bond motifs is 1. The molecule has 4 nitrogen and oxygen atoms in total. The summed E-state index contributed by atoms with van der Waals surface area (Å²) in [5, 5.41) is 8.30. The van der Waals surface area contributed by atoms with Crippen molar-refractivity contribution < 1.29 is 4.79 Å². The van der Waals surface area contributed by atoms with Gasteiger partial charge in [0, 0.05) is 18.0 Å². The number of nitrogens with zero attached hydrogens (tertiary/aromatic N) is 2. The number of carbonyl (C=O) groups is 1. The SMILES string of the molecule is O=C1CCCc2c1c(C1CC1)nn2C1CCNCC1. The fraction of sp³-hybridized carbons (Fsp3) is 0.733. The standard InChI is InChI=1S/C15H21N3O/c19-13-3-1-2-12-14(13)15(10-4-5-10)17-18(12)11-6-8-16-9-7-11/h10-11,16H,1-9H2. The van der Waals surface area contributed by atoms with E-state index in [9.17, 15) is 4.79 Å². The molecule has 2 fully saturated rings. The maximum atomic E-state index is 12.3. The number of piperidine rings is 1. The summed E-state index contributed by atoms with van der Waals surface area (Å²) in [7, 11) is 0. The van der Waals surface area contributed by atoms with E-state index in [1.54, 1.807) is 0 Å². The highest BCUT2D eigenvalue weighted by Crippen LogP contribution is 2.44. The summed E-state index contributed by atoms with van der Waals surface area (Å²) in [4.78, 5) is 12.3. The van der Waals surface area contributed by atoms with E-state index in [1.165, 1.54) is 18.5 Å². The van der Waals surface area contributed by atoms with Crippen LogP contribution in [0.4, 0.5) is 0 Å². The molecule has 0 amide bonds. The third-order valence-electron chi connectivity index (χ3n) is 4.75. The summed E-state index contributed by atoms with van der Waals surface area (Å²) in [5.74, 6) is 0.932. The minimum atomic E-state index is 0.350. The van der Waals surface area contributed by atoms with Crippen LogP contribution in [0.15, 0.2) is 0 Å². The summed E-state index contributed by atoms with van der Waals surface area (Å²) in [6, 6.07) is 0.508. The minimum absolute atomic E-state index is 0.350. The number of ketones is 1. The van der Waals surface area contributed by atoms with Crippen LogP contribution in [0.3, 0.4) is 0 Å². The second kappa shape index (κ2) is 4.44. The second-order valence-corrected chi connectivity index (χ2v) is 6.18. The molecule has 102 valence electrons. The normalized spacial score (nSPS) is 24.5. The number of nitrogens with one attached hydrogen (secondary N) is 1. The summed E-state index contributed by atoms with van der Waals surface area (Å²) in [6.45, 7) is 2.15. The Hall–Kier alpha value is -1.16. The molecule has 4 rings (SSSR count). The van der Waals surface area contributed by atoms with Gasteiger partial charge in [0.05, 0.1) is 17.3 Å². The smallest absolute Gasteiger partial charge is 0.166 e. The molecule has 0 radical (unpaired) electrons. The summed E-state index contributed by atoms with van der Waals surface area (Å²) in [5.41, 5.74) is 3.41. The van der Waals surface area contributed by atoms with Crippen molar-refractivity contribution in [2.45, 2.75) is 56.9 Å². The fourth-order valence-electron chi connectivity index (χ4n) is 3.57. The number of hydrogen-bond acceptors (Lipinski definition) is 3. The van der Waals surface area contributed by atoms with Crippen LogP contribution in [0.2, 0.25) is 0 Å². The van der Waals surface area contributed by atoms with E-state index in [-0.39, 0.29) is 0 Å². The van der Waals surface area contributed by atoms with Gasteiger partial charge in [-0.05, 0) is 51.6 Å². The second-order valence-electron chi connectivity index (χ2n) is 6.18. The highest BCUT2D eigenvalue weighted by atomic mass is 16.1. The lowest BCUT2D eigenvalue weighted by Crippen LogP contribution is -2.31. The molecule has 1 aliphatic heterocycles.